The Balaban J connectivity index is 1.49. The van der Waals surface area contributed by atoms with Crippen molar-refractivity contribution in [3.05, 3.63) is 59.2 Å². The Bertz CT molecular complexity index is 936. The number of likely N-dealkylation sites (N-methyl/N-ethyl adjacent to an activating group) is 1. The van der Waals surface area contributed by atoms with Gasteiger partial charge in [0.05, 0.1) is 12.1 Å². The molecule has 6 heteroatoms. The summed E-state index contributed by atoms with van der Waals surface area (Å²) in [5.74, 6) is 0.749. The van der Waals surface area contributed by atoms with E-state index in [0.717, 1.165) is 44.9 Å². The smallest absolute Gasteiger partial charge is 0.251 e. The zero-order valence-corrected chi connectivity index (χ0v) is 20.5. The van der Waals surface area contributed by atoms with Crippen LogP contribution in [0.15, 0.2) is 42.5 Å². The molecule has 33 heavy (non-hydrogen) atoms. The number of carbonyl (C=O) groups excluding carboxylic acids is 1. The lowest BCUT2D eigenvalue weighted by Crippen LogP contribution is -2.48. The second-order valence-corrected chi connectivity index (χ2v) is 9.67. The minimum absolute atomic E-state index is 0.0390. The highest BCUT2D eigenvalue weighted by Gasteiger charge is 2.26. The Morgan fingerprint density at radius 1 is 1.00 bits per heavy atom. The summed E-state index contributed by atoms with van der Waals surface area (Å²) in [6.07, 6.45) is 2.44. The number of hydrogen-bond donors (Lipinski definition) is 1. The van der Waals surface area contributed by atoms with Gasteiger partial charge in [0.25, 0.3) is 5.91 Å². The second kappa shape index (κ2) is 10.6. The summed E-state index contributed by atoms with van der Waals surface area (Å²) < 4.78 is 5.70. The van der Waals surface area contributed by atoms with Gasteiger partial charge in [-0.05, 0) is 75.2 Å². The van der Waals surface area contributed by atoms with Crippen LogP contribution in [0.3, 0.4) is 0 Å². The van der Waals surface area contributed by atoms with Crippen LogP contribution < -0.4 is 15.0 Å². The molecule has 2 aliphatic heterocycles. The van der Waals surface area contributed by atoms with E-state index in [4.69, 9.17) is 4.74 Å². The average molecular weight is 451 g/mol. The number of fused-ring (bicyclic) bond motifs is 1. The number of amides is 1. The summed E-state index contributed by atoms with van der Waals surface area (Å²) in [6, 6.07) is 14.5. The molecule has 0 radical (unpaired) electrons. The van der Waals surface area contributed by atoms with Crippen LogP contribution in [0.4, 0.5) is 5.69 Å². The highest BCUT2D eigenvalue weighted by molar-refractivity contribution is 5.94. The lowest BCUT2D eigenvalue weighted by atomic mass is 9.95. The topological polar surface area (TPSA) is 48.1 Å². The van der Waals surface area contributed by atoms with E-state index in [9.17, 15) is 4.79 Å². The fourth-order valence-electron chi connectivity index (χ4n) is 4.85. The molecule has 0 bridgehead atoms. The van der Waals surface area contributed by atoms with Crippen LogP contribution in [-0.2, 0) is 6.42 Å². The van der Waals surface area contributed by atoms with Gasteiger partial charge in [-0.3, -0.25) is 9.69 Å². The maximum absolute atomic E-state index is 12.9. The number of hydrogen-bond acceptors (Lipinski definition) is 5. The molecule has 6 nitrogen and oxygen atoms in total. The van der Waals surface area contributed by atoms with Gasteiger partial charge in [-0.25, -0.2) is 0 Å². The minimum atomic E-state index is -0.0390. The first kappa shape index (κ1) is 23.6. The van der Waals surface area contributed by atoms with Gasteiger partial charge in [-0.2, -0.15) is 0 Å². The first-order valence-corrected chi connectivity index (χ1v) is 12.2. The summed E-state index contributed by atoms with van der Waals surface area (Å²) in [7, 11) is 4.35. The van der Waals surface area contributed by atoms with Gasteiger partial charge in [0, 0.05) is 57.6 Å². The van der Waals surface area contributed by atoms with Gasteiger partial charge in [0.15, 0.2) is 0 Å². The monoisotopic (exact) mass is 450 g/mol. The summed E-state index contributed by atoms with van der Waals surface area (Å²) >= 11 is 0. The highest BCUT2D eigenvalue weighted by atomic mass is 16.5. The molecule has 1 fully saturated rings. The van der Waals surface area contributed by atoms with Crippen molar-refractivity contribution < 1.29 is 9.53 Å². The third-order valence-corrected chi connectivity index (χ3v) is 6.76. The van der Waals surface area contributed by atoms with Gasteiger partial charge in [-0.1, -0.05) is 12.1 Å². The van der Waals surface area contributed by atoms with Crippen molar-refractivity contribution in [1.82, 2.24) is 15.1 Å². The Morgan fingerprint density at radius 2 is 1.73 bits per heavy atom. The van der Waals surface area contributed by atoms with Crippen molar-refractivity contribution in [2.45, 2.75) is 38.8 Å². The van der Waals surface area contributed by atoms with Crippen LogP contribution in [0.25, 0.3) is 0 Å². The number of aryl methyl sites for hydroxylation is 1. The second-order valence-electron chi connectivity index (χ2n) is 9.67. The Labute approximate surface area is 198 Å². The number of carbonyl (C=O) groups is 1. The molecule has 4 rings (SSSR count). The van der Waals surface area contributed by atoms with Gasteiger partial charge < -0.3 is 19.9 Å². The standard InChI is InChI=1S/C27H38N4O2/c1-20(2)33-24-10-7-21(8-11-24)27(32)28-19-26(31-16-14-29(3)15-17-31)23-9-12-25-22(18-23)6-5-13-30(25)4/h7-12,18,20,26H,5-6,13-17,19H2,1-4H3,(H,28,32). The summed E-state index contributed by atoms with van der Waals surface area (Å²) in [4.78, 5) is 20.2. The average Bonchev–Trinajstić information content (AvgIpc) is 2.80. The largest absolute Gasteiger partial charge is 0.491 e. The van der Waals surface area contributed by atoms with Crippen LogP contribution in [0.2, 0.25) is 0 Å². The number of ether oxygens (including phenoxy) is 1. The minimum Gasteiger partial charge on any atom is -0.491 e. The fourth-order valence-corrected chi connectivity index (χ4v) is 4.85. The van der Waals surface area contributed by atoms with E-state index in [1.54, 1.807) is 0 Å². The number of anilines is 1. The third kappa shape index (κ3) is 5.87. The van der Waals surface area contributed by atoms with Crippen molar-refractivity contribution in [2.75, 3.05) is 58.3 Å². The number of benzene rings is 2. The van der Waals surface area contributed by atoms with E-state index in [0.29, 0.717) is 12.1 Å². The SMILES string of the molecule is CC(C)Oc1ccc(C(=O)NCC(c2ccc3c(c2)CCCN3C)N2CCN(C)CC2)cc1. The molecular formula is C27H38N4O2. The van der Waals surface area contributed by atoms with Gasteiger partial charge in [0.2, 0.25) is 0 Å². The molecule has 1 saturated heterocycles. The zero-order chi connectivity index (χ0) is 23.4. The summed E-state index contributed by atoms with van der Waals surface area (Å²) in [5, 5.41) is 3.21. The summed E-state index contributed by atoms with van der Waals surface area (Å²) in [6.45, 7) is 9.83. The molecule has 178 valence electrons. The van der Waals surface area contributed by atoms with E-state index >= 15 is 0 Å². The van der Waals surface area contributed by atoms with E-state index < -0.39 is 0 Å². The molecule has 0 aromatic heterocycles. The van der Waals surface area contributed by atoms with Crippen LogP contribution in [-0.4, -0.2) is 75.2 Å². The Morgan fingerprint density at radius 3 is 2.42 bits per heavy atom. The van der Waals surface area contributed by atoms with Crippen molar-refractivity contribution in [3.8, 4) is 5.75 Å². The predicted molar refractivity (Wildman–Crippen MR) is 134 cm³/mol. The molecule has 0 saturated carbocycles. The van der Waals surface area contributed by atoms with E-state index in [-0.39, 0.29) is 18.1 Å². The predicted octanol–water partition coefficient (Wildman–Crippen LogP) is 3.57. The van der Waals surface area contributed by atoms with E-state index in [2.05, 4.69) is 52.3 Å². The Kier molecular flexibility index (Phi) is 7.56. The Hall–Kier alpha value is -2.57. The normalized spacial score (nSPS) is 18.2. The molecule has 1 N–H and O–H groups in total. The lowest BCUT2D eigenvalue weighted by molar-refractivity contribution is 0.0886. The van der Waals surface area contributed by atoms with Gasteiger partial charge >= 0.3 is 0 Å². The fraction of sp³-hybridized carbons (Fsp3) is 0.519. The molecule has 1 unspecified atom stereocenters. The van der Waals surface area contributed by atoms with Crippen LogP contribution in [0, 0.1) is 0 Å². The van der Waals surface area contributed by atoms with Crippen molar-refractivity contribution >= 4 is 11.6 Å². The van der Waals surface area contributed by atoms with Crippen molar-refractivity contribution in [1.29, 1.82) is 0 Å². The van der Waals surface area contributed by atoms with Crippen molar-refractivity contribution in [2.24, 2.45) is 0 Å². The molecule has 2 aromatic rings. The van der Waals surface area contributed by atoms with E-state index in [1.807, 2.05) is 38.1 Å². The third-order valence-electron chi connectivity index (χ3n) is 6.76. The zero-order valence-electron chi connectivity index (χ0n) is 20.5. The summed E-state index contributed by atoms with van der Waals surface area (Å²) in [5.41, 5.74) is 4.73. The first-order valence-electron chi connectivity index (χ1n) is 12.2. The molecule has 1 amide bonds. The molecule has 2 heterocycles. The quantitative estimate of drug-likeness (QED) is 0.699. The molecule has 2 aliphatic rings. The maximum Gasteiger partial charge on any atom is 0.251 e. The van der Waals surface area contributed by atoms with E-state index in [1.165, 1.54) is 23.2 Å². The molecule has 1 atom stereocenters. The molecule has 0 aliphatic carbocycles. The van der Waals surface area contributed by atoms with Crippen LogP contribution >= 0.6 is 0 Å². The molecule has 0 spiro atoms. The first-order chi connectivity index (χ1) is 15.9. The number of rotatable bonds is 7. The maximum atomic E-state index is 12.9. The molecular weight excluding hydrogens is 412 g/mol. The lowest BCUT2D eigenvalue weighted by Gasteiger charge is -2.39. The van der Waals surface area contributed by atoms with Gasteiger partial charge in [-0.15, -0.1) is 0 Å². The highest BCUT2D eigenvalue weighted by Crippen LogP contribution is 2.31. The van der Waals surface area contributed by atoms with Crippen molar-refractivity contribution in [3.63, 3.8) is 0 Å². The number of nitrogens with zero attached hydrogens (tertiary/aromatic N) is 3. The van der Waals surface area contributed by atoms with Crippen LogP contribution in [0.5, 0.6) is 5.75 Å². The van der Waals surface area contributed by atoms with Gasteiger partial charge in [0.1, 0.15) is 5.75 Å². The number of piperazine rings is 1. The van der Waals surface area contributed by atoms with Crippen LogP contribution in [0.1, 0.15) is 47.8 Å². The molecule has 2 aromatic carbocycles. The number of nitrogens with one attached hydrogen (secondary N) is 1.